The second-order valence-electron chi connectivity index (χ2n) is 6.77. The van der Waals surface area contributed by atoms with Gasteiger partial charge >= 0.3 is 0 Å². The van der Waals surface area contributed by atoms with Crippen molar-refractivity contribution < 1.29 is 5.11 Å². The molecule has 1 nitrogen and oxygen atoms in total. The van der Waals surface area contributed by atoms with Crippen molar-refractivity contribution in [3.63, 3.8) is 0 Å². The highest BCUT2D eigenvalue weighted by atomic mass is 16.3. The highest BCUT2D eigenvalue weighted by Crippen LogP contribution is 2.80. The van der Waals surface area contributed by atoms with Crippen LogP contribution in [0.3, 0.4) is 0 Å². The number of aliphatic hydroxyl groups is 1. The predicted octanol–water partition coefficient (Wildman–Crippen LogP) is 2.05. The Hall–Kier alpha value is -0.0400. The molecule has 0 aromatic heterocycles. The summed E-state index contributed by atoms with van der Waals surface area (Å²) < 4.78 is 0. The number of rotatable bonds is 1. The van der Waals surface area contributed by atoms with E-state index in [-0.39, 0.29) is 5.60 Å². The van der Waals surface area contributed by atoms with E-state index in [1.807, 2.05) is 0 Å². The van der Waals surface area contributed by atoms with E-state index < -0.39 is 0 Å². The summed E-state index contributed by atoms with van der Waals surface area (Å²) >= 11 is 0. The van der Waals surface area contributed by atoms with Crippen LogP contribution in [-0.4, -0.2) is 10.7 Å². The fraction of sp³-hybridized carbons (Fsp3) is 1.00. The van der Waals surface area contributed by atoms with Crippen molar-refractivity contribution in [1.82, 2.24) is 0 Å². The van der Waals surface area contributed by atoms with Gasteiger partial charge in [0.25, 0.3) is 0 Å². The molecule has 6 aliphatic rings. The van der Waals surface area contributed by atoms with Crippen LogP contribution in [0.4, 0.5) is 0 Å². The summed E-state index contributed by atoms with van der Waals surface area (Å²) in [5, 5.41) is 10.9. The van der Waals surface area contributed by atoms with Crippen molar-refractivity contribution in [3.8, 4) is 0 Å². The summed E-state index contributed by atoms with van der Waals surface area (Å²) in [6, 6.07) is 0. The molecular weight excluding hydrogens is 172 g/mol. The van der Waals surface area contributed by atoms with Gasteiger partial charge in [-0.05, 0) is 73.5 Å². The van der Waals surface area contributed by atoms with Gasteiger partial charge < -0.3 is 5.11 Å². The molecular formula is C13H18O. The highest BCUT2D eigenvalue weighted by molar-refractivity contribution is 5.27. The average molecular weight is 190 g/mol. The van der Waals surface area contributed by atoms with E-state index in [0.717, 1.165) is 41.4 Å². The SMILES string of the molecule is OC1(C2CC2)C2CC3CC(C2)C2C3C21. The molecule has 0 spiro atoms. The fourth-order valence-corrected chi connectivity index (χ4v) is 6.03. The molecule has 6 aliphatic carbocycles. The Morgan fingerprint density at radius 3 is 2.07 bits per heavy atom. The Morgan fingerprint density at radius 1 is 0.857 bits per heavy atom. The molecule has 0 saturated heterocycles. The number of hydrogen-bond donors (Lipinski definition) is 1. The van der Waals surface area contributed by atoms with Crippen molar-refractivity contribution in [1.29, 1.82) is 0 Å². The van der Waals surface area contributed by atoms with Crippen LogP contribution in [0.1, 0.15) is 32.1 Å². The van der Waals surface area contributed by atoms with Crippen LogP contribution in [0.5, 0.6) is 0 Å². The Bertz CT molecular complexity index is 299. The molecule has 5 atom stereocenters. The van der Waals surface area contributed by atoms with Gasteiger partial charge in [-0.2, -0.15) is 0 Å². The van der Waals surface area contributed by atoms with E-state index >= 15 is 0 Å². The van der Waals surface area contributed by atoms with Gasteiger partial charge in [0.15, 0.2) is 0 Å². The fourth-order valence-electron chi connectivity index (χ4n) is 6.03. The molecule has 6 saturated carbocycles. The molecule has 1 heteroatoms. The molecule has 6 fully saturated rings. The second kappa shape index (κ2) is 1.81. The third-order valence-electron chi connectivity index (χ3n) is 6.42. The van der Waals surface area contributed by atoms with E-state index in [9.17, 15) is 5.11 Å². The average Bonchev–Trinajstić information content (AvgIpc) is 3.03. The predicted molar refractivity (Wildman–Crippen MR) is 52.5 cm³/mol. The Kier molecular flexibility index (Phi) is 0.942. The second-order valence-corrected chi connectivity index (χ2v) is 6.77. The Morgan fingerprint density at radius 2 is 1.50 bits per heavy atom. The lowest BCUT2D eigenvalue weighted by Gasteiger charge is -2.50. The Balaban J connectivity index is 1.65. The zero-order chi connectivity index (χ0) is 9.08. The van der Waals surface area contributed by atoms with Gasteiger partial charge in [-0.25, -0.2) is 0 Å². The smallest absolute Gasteiger partial charge is 0.0737 e. The molecule has 4 bridgehead atoms. The molecule has 5 unspecified atom stereocenters. The first kappa shape index (κ1) is 7.27. The van der Waals surface area contributed by atoms with E-state index in [2.05, 4.69) is 0 Å². The van der Waals surface area contributed by atoms with Crippen LogP contribution in [0, 0.1) is 41.4 Å². The molecule has 0 radical (unpaired) electrons. The lowest BCUT2D eigenvalue weighted by molar-refractivity contribution is -0.131. The van der Waals surface area contributed by atoms with E-state index in [1.54, 1.807) is 0 Å². The minimum Gasteiger partial charge on any atom is -0.389 e. The van der Waals surface area contributed by atoms with Crippen LogP contribution in [0.2, 0.25) is 0 Å². The quantitative estimate of drug-likeness (QED) is 0.671. The normalized spacial score (nSPS) is 72.6. The molecule has 6 rings (SSSR count). The van der Waals surface area contributed by atoms with Crippen molar-refractivity contribution in [3.05, 3.63) is 0 Å². The van der Waals surface area contributed by atoms with E-state index in [4.69, 9.17) is 0 Å². The zero-order valence-corrected chi connectivity index (χ0v) is 8.52. The van der Waals surface area contributed by atoms with Crippen LogP contribution in [0.15, 0.2) is 0 Å². The minimum atomic E-state index is -0.150. The maximum absolute atomic E-state index is 10.9. The van der Waals surface area contributed by atoms with Crippen molar-refractivity contribution in [2.45, 2.75) is 37.7 Å². The molecule has 14 heavy (non-hydrogen) atoms. The van der Waals surface area contributed by atoms with Crippen LogP contribution < -0.4 is 0 Å². The molecule has 0 amide bonds. The van der Waals surface area contributed by atoms with Crippen LogP contribution in [-0.2, 0) is 0 Å². The van der Waals surface area contributed by atoms with Gasteiger partial charge in [-0.1, -0.05) is 0 Å². The summed E-state index contributed by atoms with van der Waals surface area (Å²) in [7, 11) is 0. The van der Waals surface area contributed by atoms with Gasteiger partial charge in [0.1, 0.15) is 0 Å². The van der Waals surface area contributed by atoms with E-state index in [1.165, 1.54) is 32.1 Å². The monoisotopic (exact) mass is 190 g/mol. The molecule has 76 valence electrons. The summed E-state index contributed by atoms with van der Waals surface area (Å²) in [4.78, 5) is 0. The van der Waals surface area contributed by atoms with Crippen molar-refractivity contribution >= 4 is 0 Å². The standard InChI is InChI=1S/C13H18O/c14-13(8-1-2-8)9-4-6-3-7(5-9)11-10(6)12(11)13/h6-12,14H,1-5H2. The first-order valence-electron chi connectivity index (χ1n) is 6.52. The topological polar surface area (TPSA) is 20.2 Å². The van der Waals surface area contributed by atoms with E-state index in [0.29, 0.717) is 0 Å². The zero-order valence-electron chi connectivity index (χ0n) is 8.52. The minimum absolute atomic E-state index is 0.150. The summed E-state index contributed by atoms with van der Waals surface area (Å²) in [5.74, 6) is 6.31. The lowest BCUT2D eigenvalue weighted by Crippen LogP contribution is -2.52. The third-order valence-corrected chi connectivity index (χ3v) is 6.42. The van der Waals surface area contributed by atoms with Crippen LogP contribution in [0.25, 0.3) is 0 Å². The largest absolute Gasteiger partial charge is 0.389 e. The first-order valence-corrected chi connectivity index (χ1v) is 6.52. The van der Waals surface area contributed by atoms with Gasteiger partial charge in [0, 0.05) is 0 Å². The molecule has 0 aromatic carbocycles. The molecule has 0 aromatic rings. The number of hydrogen-bond acceptors (Lipinski definition) is 1. The summed E-state index contributed by atoms with van der Waals surface area (Å²) in [5.41, 5.74) is -0.150. The van der Waals surface area contributed by atoms with Crippen LogP contribution >= 0.6 is 0 Å². The van der Waals surface area contributed by atoms with Crippen molar-refractivity contribution in [2.75, 3.05) is 0 Å². The van der Waals surface area contributed by atoms with Gasteiger partial charge in [-0.15, -0.1) is 0 Å². The highest BCUT2D eigenvalue weighted by Gasteiger charge is 2.78. The molecule has 0 aliphatic heterocycles. The third kappa shape index (κ3) is 0.553. The van der Waals surface area contributed by atoms with Crippen molar-refractivity contribution in [2.24, 2.45) is 41.4 Å². The lowest BCUT2D eigenvalue weighted by atomic mass is 9.58. The first-order chi connectivity index (χ1) is 6.80. The maximum Gasteiger partial charge on any atom is 0.0737 e. The molecule has 1 N–H and O–H groups in total. The Labute approximate surface area is 84.9 Å². The molecule has 0 heterocycles. The van der Waals surface area contributed by atoms with Gasteiger partial charge in [-0.3, -0.25) is 0 Å². The van der Waals surface area contributed by atoms with Gasteiger partial charge in [0.2, 0.25) is 0 Å². The summed E-state index contributed by atoms with van der Waals surface area (Å²) in [6.45, 7) is 0. The maximum atomic E-state index is 10.9. The van der Waals surface area contributed by atoms with Gasteiger partial charge in [0.05, 0.1) is 5.60 Å². The summed E-state index contributed by atoms with van der Waals surface area (Å²) in [6.07, 6.45) is 6.97.